The first-order chi connectivity index (χ1) is 7.17. The smallest absolute Gasteiger partial charge is 0.213 e. The Morgan fingerprint density at radius 1 is 1.47 bits per heavy atom. The van der Waals surface area contributed by atoms with Gasteiger partial charge in [0.15, 0.2) is 0 Å². The standard InChI is InChI=1S/C12H19NO2/c1-4-10(9(2)14)8-11-6-5-7-12(13-11)15-3/h5-7,9-10,14H,4,8H2,1-3H3. The molecule has 1 aromatic rings. The van der Waals surface area contributed by atoms with Gasteiger partial charge in [0, 0.05) is 11.8 Å². The average molecular weight is 209 g/mol. The fourth-order valence-electron chi connectivity index (χ4n) is 1.61. The average Bonchev–Trinajstić information content (AvgIpc) is 2.25. The van der Waals surface area contributed by atoms with Crippen LogP contribution in [0.3, 0.4) is 0 Å². The summed E-state index contributed by atoms with van der Waals surface area (Å²) in [4.78, 5) is 4.33. The second-order valence-corrected chi connectivity index (χ2v) is 3.78. The molecule has 0 fully saturated rings. The van der Waals surface area contributed by atoms with Gasteiger partial charge < -0.3 is 9.84 Å². The van der Waals surface area contributed by atoms with E-state index in [9.17, 15) is 5.11 Å². The van der Waals surface area contributed by atoms with Gasteiger partial charge in [-0.2, -0.15) is 0 Å². The number of pyridine rings is 1. The summed E-state index contributed by atoms with van der Waals surface area (Å²) in [7, 11) is 1.61. The number of hydrogen-bond acceptors (Lipinski definition) is 3. The monoisotopic (exact) mass is 209 g/mol. The molecule has 15 heavy (non-hydrogen) atoms. The fourth-order valence-corrected chi connectivity index (χ4v) is 1.61. The molecule has 0 saturated carbocycles. The normalized spacial score (nSPS) is 14.7. The quantitative estimate of drug-likeness (QED) is 0.807. The van der Waals surface area contributed by atoms with E-state index in [2.05, 4.69) is 11.9 Å². The van der Waals surface area contributed by atoms with Crippen molar-refractivity contribution < 1.29 is 9.84 Å². The maximum atomic E-state index is 9.54. The van der Waals surface area contributed by atoms with Gasteiger partial charge in [0.2, 0.25) is 5.88 Å². The van der Waals surface area contributed by atoms with Crippen LogP contribution in [-0.2, 0) is 6.42 Å². The first-order valence-corrected chi connectivity index (χ1v) is 5.35. The molecule has 3 heteroatoms. The lowest BCUT2D eigenvalue weighted by atomic mass is 9.95. The van der Waals surface area contributed by atoms with Crippen molar-refractivity contribution in [1.82, 2.24) is 4.98 Å². The van der Waals surface area contributed by atoms with Gasteiger partial charge in [-0.15, -0.1) is 0 Å². The first kappa shape index (κ1) is 12.0. The molecule has 1 aromatic heterocycles. The van der Waals surface area contributed by atoms with Gasteiger partial charge in [-0.05, 0) is 25.3 Å². The van der Waals surface area contributed by atoms with Crippen LogP contribution in [0.2, 0.25) is 0 Å². The van der Waals surface area contributed by atoms with Gasteiger partial charge in [-0.1, -0.05) is 19.4 Å². The van der Waals surface area contributed by atoms with Crippen LogP contribution < -0.4 is 4.74 Å². The van der Waals surface area contributed by atoms with E-state index in [1.165, 1.54) is 0 Å². The van der Waals surface area contributed by atoms with Gasteiger partial charge >= 0.3 is 0 Å². The Kier molecular flexibility index (Phi) is 4.56. The molecule has 1 rings (SSSR count). The Morgan fingerprint density at radius 2 is 2.20 bits per heavy atom. The van der Waals surface area contributed by atoms with Crippen molar-refractivity contribution in [1.29, 1.82) is 0 Å². The van der Waals surface area contributed by atoms with Gasteiger partial charge in [-0.25, -0.2) is 4.98 Å². The van der Waals surface area contributed by atoms with E-state index < -0.39 is 0 Å². The maximum Gasteiger partial charge on any atom is 0.213 e. The molecule has 3 nitrogen and oxygen atoms in total. The van der Waals surface area contributed by atoms with E-state index in [1.807, 2.05) is 25.1 Å². The molecule has 1 N–H and O–H groups in total. The molecule has 0 saturated heterocycles. The zero-order chi connectivity index (χ0) is 11.3. The van der Waals surface area contributed by atoms with Crippen molar-refractivity contribution in [3.05, 3.63) is 23.9 Å². The third-order valence-corrected chi connectivity index (χ3v) is 2.67. The van der Waals surface area contributed by atoms with Crippen molar-refractivity contribution in [2.24, 2.45) is 5.92 Å². The van der Waals surface area contributed by atoms with Crippen LogP contribution in [0.25, 0.3) is 0 Å². The molecule has 0 aliphatic heterocycles. The molecule has 0 amide bonds. The highest BCUT2D eigenvalue weighted by Crippen LogP contribution is 2.16. The lowest BCUT2D eigenvalue weighted by Gasteiger charge is -2.17. The third-order valence-electron chi connectivity index (χ3n) is 2.67. The molecule has 0 aliphatic rings. The second kappa shape index (κ2) is 5.71. The van der Waals surface area contributed by atoms with E-state index in [1.54, 1.807) is 7.11 Å². The highest BCUT2D eigenvalue weighted by molar-refractivity contribution is 5.16. The number of hydrogen-bond donors (Lipinski definition) is 1. The zero-order valence-corrected chi connectivity index (χ0v) is 9.60. The highest BCUT2D eigenvalue weighted by Gasteiger charge is 2.14. The van der Waals surface area contributed by atoms with Crippen molar-refractivity contribution >= 4 is 0 Å². The minimum Gasteiger partial charge on any atom is -0.481 e. The number of aromatic nitrogens is 1. The number of methoxy groups -OCH3 is 1. The van der Waals surface area contributed by atoms with Crippen LogP contribution in [0.4, 0.5) is 0 Å². The van der Waals surface area contributed by atoms with Gasteiger partial charge in [0.1, 0.15) is 0 Å². The number of nitrogens with zero attached hydrogens (tertiary/aromatic N) is 1. The Morgan fingerprint density at radius 3 is 2.73 bits per heavy atom. The molecule has 0 spiro atoms. The lowest BCUT2D eigenvalue weighted by molar-refractivity contribution is 0.122. The minimum atomic E-state index is -0.289. The topological polar surface area (TPSA) is 42.4 Å². The molecule has 84 valence electrons. The zero-order valence-electron chi connectivity index (χ0n) is 9.60. The largest absolute Gasteiger partial charge is 0.481 e. The lowest BCUT2D eigenvalue weighted by Crippen LogP contribution is -2.18. The van der Waals surface area contributed by atoms with E-state index in [-0.39, 0.29) is 12.0 Å². The Bertz CT molecular complexity index is 299. The van der Waals surface area contributed by atoms with E-state index in [0.29, 0.717) is 5.88 Å². The molecule has 0 bridgehead atoms. The van der Waals surface area contributed by atoms with Gasteiger partial charge in [-0.3, -0.25) is 0 Å². The Balaban J connectivity index is 2.70. The van der Waals surface area contributed by atoms with Crippen LogP contribution in [0.1, 0.15) is 26.0 Å². The predicted molar refractivity (Wildman–Crippen MR) is 60.0 cm³/mol. The van der Waals surface area contributed by atoms with E-state index >= 15 is 0 Å². The highest BCUT2D eigenvalue weighted by atomic mass is 16.5. The number of aliphatic hydroxyl groups excluding tert-OH is 1. The summed E-state index contributed by atoms with van der Waals surface area (Å²) in [6, 6.07) is 5.72. The number of ether oxygens (including phenoxy) is 1. The van der Waals surface area contributed by atoms with Gasteiger partial charge in [0.05, 0.1) is 13.2 Å². The van der Waals surface area contributed by atoms with Gasteiger partial charge in [0.25, 0.3) is 0 Å². The van der Waals surface area contributed by atoms with Crippen LogP contribution in [0.15, 0.2) is 18.2 Å². The molecule has 2 atom stereocenters. The van der Waals surface area contributed by atoms with E-state index in [0.717, 1.165) is 18.5 Å². The summed E-state index contributed by atoms with van der Waals surface area (Å²) in [6.45, 7) is 3.91. The second-order valence-electron chi connectivity index (χ2n) is 3.78. The van der Waals surface area contributed by atoms with Crippen LogP contribution >= 0.6 is 0 Å². The summed E-state index contributed by atoms with van der Waals surface area (Å²) in [5.74, 6) is 0.901. The van der Waals surface area contributed by atoms with Crippen LogP contribution in [0.5, 0.6) is 5.88 Å². The summed E-state index contributed by atoms with van der Waals surface area (Å²) in [5, 5.41) is 9.54. The van der Waals surface area contributed by atoms with Crippen molar-refractivity contribution in [3.63, 3.8) is 0 Å². The summed E-state index contributed by atoms with van der Waals surface area (Å²) >= 11 is 0. The van der Waals surface area contributed by atoms with Crippen molar-refractivity contribution in [2.45, 2.75) is 32.8 Å². The SMILES string of the molecule is CCC(Cc1cccc(OC)n1)C(C)O. The Hall–Kier alpha value is -1.09. The molecular weight excluding hydrogens is 190 g/mol. The molecule has 2 unspecified atom stereocenters. The minimum absolute atomic E-state index is 0.268. The summed E-state index contributed by atoms with van der Waals surface area (Å²) in [5.41, 5.74) is 0.974. The van der Waals surface area contributed by atoms with Crippen LogP contribution in [-0.4, -0.2) is 23.3 Å². The van der Waals surface area contributed by atoms with Crippen LogP contribution in [0, 0.1) is 5.92 Å². The summed E-state index contributed by atoms with van der Waals surface area (Å²) < 4.78 is 5.06. The van der Waals surface area contributed by atoms with Crippen molar-refractivity contribution in [3.8, 4) is 5.88 Å². The third kappa shape index (κ3) is 3.51. The van der Waals surface area contributed by atoms with E-state index in [4.69, 9.17) is 4.74 Å². The fraction of sp³-hybridized carbons (Fsp3) is 0.583. The maximum absolute atomic E-state index is 9.54. The Labute approximate surface area is 91.1 Å². The molecule has 0 aromatic carbocycles. The molecule has 1 heterocycles. The molecule has 0 radical (unpaired) electrons. The predicted octanol–water partition coefficient (Wildman–Crippen LogP) is 2.04. The number of rotatable bonds is 5. The molecular formula is C12H19NO2. The first-order valence-electron chi connectivity index (χ1n) is 5.35. The van der Waals surface area contributed by atoms with Crippen molar-refractivity contribution in [2.75, 3.05) is 7.11 Å². The molecule has 0 aliphatic carbocycles. The summed E-state index contributed by atoms with van der Waals surface area (Å²) in [6.07, 6.45) is 1.46. The number of aliphatic hydroxyl groups is 1.